The molecule has 0 aromatic heterocycles. The molecule has 0 fully saturated rings. The van der Waals surface area contributed by atoms with E-state index in [0.29, 0.717) is 5.56 Å². The van der Waals surface area contributed by atoms with Crippen LogP contribution in [-0.4, -0.2) is 16.0 Å². The van der Waals surface area contributed by atoms with Gasteiger partial charge in [-0.2, -0.15) is 0 Å². The number of rotatable bonds is 3. The lowest BCUT2D eigenvalue weighted by molar-refractivity contribution is -0.385. The molecule has 0 amide bonds. The van der Waals surface area contributed by atoms with Gasteiger partial charge in [0.25, 0.3) is 0 Å². The molecule has 0 saturated heterocycles. The Kier molecular flexibility index (Phi) is 3.65. The zero-order valence-electron chi connectivity index (χ0n) is 7.24. The van der Waals surface area contributed by atoms with E-state index in [1.165, 1.54) is 12.1 Å². The molecule has 0 aliphatic rings. The van der Waals surface area contributed by atoms with E-state index in [1.54, 1.807) is 0 Å². The molecule has 0 aliphatic carbocycles. The Hall–Kier alpha value is -1.14. The van der Waals surface area contributed by atoms with Gasteiger partial charge in [0.05, 0.1) is 4.92 Å². The molecule has 1 rings (SSSR count). The van der Waals surface area contributed by atoms with Crippen LogP contribution in [0, 0.1) is 10.1 Å². The Morgan fingerprint density at radius 3 is 2.60 bits per heavy atom. The quantitative estimate of drug-likeness (QED) is 0.528. The summed E-state index contributed by atoms with van der Waals surface area (Å²) in [7, 11) is 0. The molecule has 1 aromatic rings. The predicted octanol–water partition coefficient (Wildman–Crippen LogP) is 2.84. The lowest BCUT2D eigenvalue weighted by atomic mass is 10.1. The second-order valence-corrected chi connectivity index (χ2v) is 3.59. The van der Waals surface area contributed by atoms with Crippen LogP contribution in [0.15, 0.2) is 12.1 Å². The lowest BCUT2D eigenvalue weighted by Crippen LogP contribution is -2.06. The van der Waals surface area contributed by atoms with Crippen molar-refractivity contribution in [3.63, 3.8) is 0 Å². The summed E-state index contributed by atoms with van der Waals surface area (Å²) in [5, 5.41) is 19.6. The third-order valence-electron chi connectivity index (χ3n) is 1.76. The van der Waals surface area contributed by atoms with Crippen molar-refractivity contribution < 1.29 is 14.8 Å². The summed E-state index contributed by atoms with van der Waals surface area (Å²) in [6.07, 6.45) is 0. The highest BCUT2D eigenvalue weighted by molar-refractivity contribution is 9.08. The molecule has 1 N–H and O–H groups in total. The number of hydrogen-bond acceptors (Lipinski definition) is 3. The van der Waals surface area contributed by atoms with Crippen LogP contribution < -0.4 is 0 Å². The number of carboxylic acids is 1. The molecule has 0 spiro atoms. The van der Waals surface area contributed by atoms with Crippen LogP contribution in [-0.2, 0) is 5.33 Å². The third-order valence-corrected chi connectivity index (χ3v) is 2.66. The maximum Gasteiger partial charge on any atom is 0.343 e. The highest BCUT2D eigenvalue weighted by atomic mass is 79.9. The minimum absolute atomic E-state index is 0.179. The number of hydrogen-bond donors (Lipinski definition) is 1. The van der Waals surface area contributed by atoms with Gasteiger partial charge in [-0.05, 0) is 11.6 Å². The van der Waals surface area contributed by atoms with E-state index in [2.05, 4.69) is 15.9 Å². The first-order valence-corrected chi connectivity index (χ1v) is 5.24. The fourth-order valence-corrected chi connectivity index (χ4v) is 1.83. The molecule has 0 atom stereocenters. The minimum atomic E-state index is -1.36. The van der Waals surface area contributed by atoms with Crippen molar-refractivity contribution in [1.29, 1.82) is 0 Å². The fraction of sp³-hybridized carbons (Fsp3) is 0.125. The maximum absolute atomic E-state index is 10.9. The Morgan fingerprint density at radius 1 is 1.60 bits per heavy atom. The largest absolute Gasteiger partial charge is 0.477 e. The molecule has 0 heterocycles. The van der Waals surface area contributed by atoms with Crippen molar-refractivity contribution in [3.05, 3.63) is 38.4 Å². The van der Waals surface area contributed by atoms with Crippen LogP contribution in [0.5, 0.6) is 0 Å². The van der Waals surface area contributed by atoms with E-state index >= 15 is 0 Å². The zero-order valence-corrected chi connectivity index (χ0v) is 9.58. The molecular weight excluding hydrogens is 289 g/mol. The molecule has 0 radical (unpaired) electrons. The summed E-state index contributed by atoms with van der Waals surface area (Å²) in [6.45, 7) is 0. The van der Waals surface area contributed by atoms with Crippen LogP contribution in [0.25, 0.3) is 0 Å². The smallest absolute Gasteiger partial charge is 0.343 e. The summed E-state index contributed by atoms with van der Waals surface area (Å²) >= 11 is 8.63. The molecule has 0 bridgehead atoms. The van der Waals surface area contributed by atoms with Crippen molar-refractivity contribution in [2.24, 2.45) is 0 Å². The van der Waals surface area contributed by atoms with E-state index in [0.717, 1.165) is 0 Å². The van der Waals surface area contributed by atoms with Gasteiger partial charge in [-0.1, -0.05) is 33.6 Å². The summed E-state index contributed by atoms with van der Waals surface area (Å²) in [6, 6.07) is 2.75. The number of carboxylic acid groups (broad SMARTS) is 1. The monoisotopic (exact) mass is 293 g/mol. The number of carbonyl (C=O) groups is 1. The highest BCUT2D eigenvalue weighted by Crippen LogP contribution is 2.31. The lowest BCUT2D eigenvalue weighted by Gasteiger charge is -2.04. The molecule has 0 saturated carbocycles. The van der Waals surface area contributed by atoms with E-state index in [1.807, 2.05) is 0 Å². The van der Waals surface area contributed by atoms with E-state index < -0.39 is 16.6 Å². The third kappa shape index (κ3) is 2.27. The van der Waals surface area contributed by atoms with Gasteiger partial charge < -0.3 is 5.11 Å². The zero-order chi connectivity index (χ0) is 11.6. The van der Waals surface area contributed by atoms with Gasteiger partial charge in [0.2, 0.25) is 0 Å². The standard InChI is InChI=1S/C8H5BrClNO4/c9-3-4-1-2-5(10)7(11(14)15)6(4)8(12)13/h1-2H,3H2,(H,12,13). The van der Waals surface area contributed by atoms with Gasteiger partial charge in [0.15, 0.2) is 0 Å². The van der Waals surface area contributed by atoms with Crippen LogP contribution in [0.1, 0.15) is 15.9 Å². The Morgan fingerprint density at radius 2 is 2.20 bits per heavy atom. The fourth-order valence-electron chi connectivity index (χ4n) is 1.14. The number of nitrogens with zero attached hydrogens (tertiary/aromatic N) is 1. The van der Waals surface area contributed by atoms with Gasteiger partial charge >= 0.3 is 11.7 Å². The SMILES string of the molecule is O=C(O)c1c(CBr)ccc(Cl)c1[N+](=O)[O-]. The number of nitro groups is 1. The van der Waals surface area contributed by atoms with Crippen molar-refractivity contribution in [2.45, 2.75) is 5.33 Å². The number of halogens is 2. The number of aromatic carboxylic acids is 1. The first-order chi connectivity index (χ1) is 6.99. The number of alkyl halides is 1. The van der Waals surface area contributed by atoms with E-state index in [4.69, 9.17) is 16.7 Å². The average molecular weight is 294 g/mol. The van der Waals surface area contributed by atoms with Crippen molar-refractivity contribution in [2.75, 3.05) is 0 Å². The van der Waals surface area contributed by atoms with Crippen LogP contribution >= 0.6 is 27.5 Å². The molecule has 80 valence electrons. The number of benzene rings is 1. The van der Waals surface area contributed by atoms with Crippen molar-refractivity contribution >= 4 is 39.2 Å². The first-order valence-electron chi connectivity index (χ1n) is 3.74. The molecule has 0 aliphatic heterocycles. The van der Waals surface area contributed by atoms with Crippen LogP contribution in [0.3, 0.4) is 0 Å². The Bertz CT molecular complexity index is 435. The van der Waals surface area contributed by atoms with Gasteiger partial charge in [0.1, 0.15) is 10.6 Å². The highest BCUT2D eigenvalue weighted by Gasteiger charge is 2.26. The summed E-state index contributed by atoms with van der Waals surface area (Å²) in [5.74, 6) is -1.36. The summed E-state index contributed by atoms with van der Waals surface area (Å²) in [4.78, 5) is 20.7. The number of nitro benzene ring substituents is 1. The van der Waals surface area contributed by atoms with Crippen LogP contribution in [0.2, 0.25) is 5.02 Å². The predicted molar refractivity (Wildman–Crippen MR) is 57.7 cm³/mol. The molecular formula is C8H5BrClNO4. The normalized spacial score (nSPS) is 10.0. The molecule has 0 unspecified atom stereocenters. The average Bonchev–Trinajstić information content (AvgIpc) is 2.16. The van der Waals surface area contributed by atoms with E-state index in [9.17, 15) is 14.9 Å². The Balaban J connectivity index is 3.58. The summed E-state index contributed by atoms with van der Waals surface area (Å²) in [5.41, 5.74) is -0.621. The summed E-state index contributed by atoms with van der Waals surface area (Å²) < 4.78 is 0. The second kappa shape index (κ2) is 4.59. The molecule has 5 nitrogen and oxygen atoms in total. The second-order valence-electron chi connectivity index (χ2n) is 2.63. The minimum Gasteiger partial charge on any atom is -0.477 e. The maximum atomic E-state index is 10.9. The molecule has 7 heteroatoms. The van der Waals surface area contributed by atoms with E-state index in [-0.39, 0.29) is 15.9 Å². The van der Waals surface area contributed by atoms with Gasteiger partial charge in [-0.3, -0.25) is 10.1 Å². The first kappa shape index (κ1) is 11.9. The van der Waals surface area contributed by atoms with Gasteiger partial charge in [-0.25, -0.2) is 4.79 Å². The molecule has 15 heavy (non-hydrogen) atoms. The molecule has 1 aromatic carbocycles. The van der Waals surface area contributed by atoms with Gasteiger partial charge in [-0.15, -0.1) is 0 Å². The van der Waals surface area contributed by atoms with Crippen molar-refractivity contribution in [3.8, 4) is 0 Å². The van der Waals surface area contributed by atoms with Gasteiger partial charge in [0, 0.05) is 5.33 Å². The topological polar surface area (TPSA) is 80.4 Å². The van der Waals surface area contributed by atoms with Crippen molar-refractivity contribution in [1.82, 2.24) is 0 Å². The van der Waals surface area contributed by atoms with Crippen LogP contribution in [0.4, 0.5) is 5.69 Å². The Labute approximate surface area is 97.9 Å².